The normalized spacial score (nSPS) is 17.5. The van der Waals surface area contributed by atoms with Crippen LogP contribution in [0.4, 0.5) is 0 Å². The number of aliphatic imine (C=N–C) groups is 1. The van der Waals surface area contributed by atoms with Gasteiger partial charge in [0.15, 0.2) is 0 Å². The largest absolute Gasteiger partial charge is 0.493 e. The zero-order valence-electron chi connectivity index (χ0n) is 13.4. The second kappa shape index (κ2) is 6.88. The van der Waals surface area contributed by atoms with Gasteiger partial charge in [0.2, 0.25) is 0 Å². The van der Waals surface area contributed by atoms with E-state index < -0.39 is 0 Å². The van der Waals surface area contributed by atoms with Crippen molar-refractivity contribution in [3.8, 4) is 5.75 Å². The summed E-state index contributed by atoms with van der Waals surface area (Å²) >= 11 is 6.38. The Morgan fingerprint density at radius 3 is 2.86 bits per heavy atom. The summed E-state index contributed by atoms with van der Waals surface area (Å²) in [5, 5.41) is 4.17. The van der Waals surface area contributed by atoms with Crippen molar-refractivity contribution in [2.24, 2.45) is 10.9 Å². The van der Waals surface area contributed by atoms with Crippen LogP contribution >= 0.6 is 11.6 Å². The van der Waals surface area contributed by atoms with Gasteiger partial charge in [-0.3, -0.25) is 9.89 Å². The minimum absolute atomic E-state index is 0.656. The number of benzene rings is 1. The molecule has 1 aromatic carbocycles. The predicted molar refractivity (Wildman–Crippen MR) is 90.8 cm³/mol. The molecule has 0 saturated carbocycles. The SMILES string of the molecule is CC(C)CCOc1ccc(Cl)c2c1CN(CC1=NCCN1)C2. The fraction of sp³-hybridized carbons (Fsp3) is 0.588. The third-order valence-corrected chi connectivity index (χ3v) is 4.52. The lowest BCUT2D eigenvalue weighted by Gasteiger charge is -2.15. The van der Waals surface area contributed by atoms with E-state index in [0.717, 1.165) is 62.4 Å². The Bertz CT molecular complexity index is 571. The Kier molecular flexibility index (Phi) is 4.89. The minimum Gasteiger partial charge on any atom is -0.493 e. The molecule has 0 amide bonds. The van der Waals surface area contributed by atoms with Gasteiger partial charge in [0.05, 0.1) is 19.7 Å². The average Bonchev–Trinajstić information content (AvgIpc) is 3.11. The molecule has 5 heteroatoms. The summed E-state index contributed by atoms with van der Waals surface area (Å²) in [4.78, 5) is 6.84. The highest BCUT2D eigenvalue weighted by Gasteiger charge is 2.26. The van der Waals surface area contributed by atoms with Crippen molar-refractivity contribution in [1.29, 1.82) is 0 Å². The Labute approximate surface area is 137 Å². The lowest BCUT2D eigenvalue weighted by atomic mass is 10.1. The first-order valence-electron chi connectivity index (χ1n) is 8.06. The van der Waals surface area contributed by atoms with Crippen LogP contribution in [-0.2, 0) is 13.1 Å². The summed E-state index contributed by atoms with van der Waals surface area (Å²) in [6.45, 7) is 9.65. The number of fused-ring (bicyclic) bond motifs is 1. The van der Waals surface area contributed by atoms with Crippen molar-refractivity contribution >= 4 is 17.4 Å². The number of nitrogens with one attached hydrogen (secondary N) is 1. The first-order chi connectivity index (χ1) is 10.6. The van der Waals surface area contributed by atoms with Crippen molar-refractivity contribution in [3.05, 3.63) is 28.3 Å². The maximum atomic E-state index is 6.38. The number of nitrogens with zero attached hydrogens (tertiary/aromatic N) is 2. The Balaban J connectivity index is 1.68. The molecule has 2 aliphatic rings. The maximum Gasteiger partial charge on any atom is 0.124 e. The van der Waals surface area contributed by atoms with Crippen LogP contribution < -0.4 is 10.1 Å². The molecule has 0 bridgehead atoms. The molecule has 2 heterocycles. The van der Waals surface area contributed by atoms with E-state index in [2.05, 4.69) is 29.1 Å². The zero-order valence-corrected chi connectivity index (χ0v) is 14.1. The van der Waals surface area contributed by atoms with E-state index in [1.165, 1.54) is 11.1 Å². The smallest absolute Gasteiger partial charge is 0.124 e. The first kappa shape index (κ1) is 15.6. The summed E-state index contributed by atoms with van der Waals surface area (Å²) in [5.41, 5.74) is 2.46. The van der Waals surface area contributed by atoms with Crippen LogP contribution in [0.25, 0.3) is 0 Å². The van der Waals surface area contributed by atoms with Crippen LogP contribution in [0.5, 0.6) is 5.75 Å². The van der Waals surface area contributed by atoms with Gasteiger partial charge in [-0.05, 0) is 30.0 Å². The van der Waals surface area contributed by atoms with Gasteiger partial charge >= 0.3 is 0 Å². The fourth-order valence-electron chi connectivity index (χ4n) is 2.91. The van der Waals surface area contributed by atoms with E-state index in [1.807, 2.05) is 12.1 Å². The van der Waals surface area contributed by atoms with Crippen LogP contribution in [0.15, 0.2) is 17.1 Å². The standard InChI is InChI=1S/C17H24ClN3O/c1-12(2)5-8-22-16-4-3-15(18)13-9-21(10-14(13)16)11-17-19-6-7-20-17/h3-4,12H,5-11H2,1-2H3,(H,19,20). The molecule has 0 spiro atoms. The maximum absolute atomic E-state index is 6.38. The highest BCUT2D eigenvalue weighted by molar-refractivity contribution is 6.31. The topological polar surface area (TPSA) is 36.9 Å². The molecule has 0 fully saturated rings. The van der Waals surface area contributed by atoms with Gasteiger partial charge in [0.25, 0.3) is 0 Å². The minimum atomic E-state index is 0.656. The van der Waals surface area contributed by atoms with Gasteiger partial charge in [-0.15, -0.1) is 0 Å². The van der Waals surface area contributed by atoms with Crippen molar-refractivity contribution in [2.45, 2.75) is 33.4 Å². The molecule has 22 heavy (non-hydrogen) atoms. The molecule has 3 rings (SSSR count). The fourth-order valence-corrected chi connectivity index (χ4v) is 3.14. The number of rotatable bonds is 6. The van der Waals surface area contributed by atoms with Gasteiger partial charge in [0, 0.05) is 30.2 Å². The molecule has 0 aromatic heterocycles. The van der Waals surface area contributed by atoms with Crippen LogP contribution in [-0.4, -0.2) is 37.0 Å². The average molecular weight is 322 g/mol. The molecule has 0 aliphatic carbocycles. The van der Waals surface area contributed by atoms with E-state index in [4.69, 9.17) is 16.3 Å². The highest BCUT2D eigenvalue weighted by atomic mass is 35.5. The molecule has 1 N–H and O–H groups in total. The molecule has 2 aliphatic heterocycles. The van der Waals surface area contributed by atoms with E-state index in [-0.39, 0.29) is 0 Å². The molecule has 0 radical (unpaired) electrons. The monoisotopic (exact) mass is 321 g/mol. The van der Waals surface area contributed by atoms with Crippen LogP contribution in [0.3, 0.4) is 0 Å². The molecule has 1 aromatic rings. The van der Waals surface area contributed by atoms with Crippen LogP contribution in [0.1, 0.15) is 31.4 Å². The highest BCUT2D eigenvalue weighted by Crippen LogP contribution is 2.36. The van der Waals surface area contributed by atoms with Gasteiger partial charge < -0.3 is 10.1 Å². The van der Waals surface area contributed by atoms with Gasteiger partial charge in [0.1, 0.15) is 11.6 Å². The molecule has 0 saturated heterocycles. The lowest BCUT2D eigenvalue weighted by Crippen LogP contribution is -2.31. The van der Waals surface area contributed by atoms with Crippen molar-refractivity contribution < 1.29 is 4.74 Å². The lowest BCUT2D eigenvalue weighted by molar-refractivity contribution is 0.280. The van der Waals surface area contributed by atoms with E-state index in [1.54, 1.807) is 0 Å². The number of ether oxygens (including phenoxy) is 1. The third-order valence-electron chi connectivity index (χ3n) is 4.16. The number of halogens is 1. The second-order valence-electron chi connectivity index (χ2n) is 6.43. The Hall–Kier alpha value is -1.26. The molecular weight excluding hydrogens is 298 g/mol. The molecule has 4 nitrogen and oxygen atoms in total. The number of amidine groups is 1. The Morgan fingerprint density at radius 1 is 1.32 bits per heavy atom. The predicted octanol–water partition coefficient (Wildman–Crippen LogP) is 3.08. The number of hydrogen-bond acceptors (Lipinski definition) is 4. The second-order valence-corrected chi connectivity index (χ2v) is 6.84. The number of hydrogen-bond donors (Lipinski definition) is 1. The summed E-state index contributed by atoms with van der Waals surface area (Å²) in [5.74, 6) is 2.73. The quantitative estimate of drug-likeness (QED) is 0.875. The summed E-state index contributed by atoms with van der Waals surface area (Å²) < 4.78 is 6.00. The van der Waals surface area contributed by atoms with Gasteiger partial charge in [-0.25, -0.2) is 0 Å². The van der Waals surface area contributed by atoms with Crippen molar-refractivity contribution in [1.82, 2.24) is 10.2 Å². The van der Waals surface area contributed by atoms with E-state index in [9.17, 15) is 0 Å². The van der Waals surface area contributed by atoms with E-state index in [0.29, 0.717) is 5.92 Å². The van der Waals surface area contributed by atoms with E-state index >= 15 is 0 Å². The Morgan fingerprint density at radius 2 is 2.14 bits per heavy atom. The first-order valence-corrected chi connectivity index (χ1v) is 8.44. The third kappa shape index (κ3) is 3.55. The molecule has 120 valence electrons. The zero-order chi connectivity index (χ0) is 15.5. The summed E-state index contributed by atoms with van der Waals surface area (Å²) in [7, 11) is 0. The van der Waals surface area contributed by atoms with Gasteiger partial charge in [-0.2, -0.15) is 0 Å². The van der Waals surface area contributed by atoms with Crippen molar-refractivity contribution in [2.75, 3.05) is 26.2 Å². The van der Waals surface area contributed by atoms with Crippen LogP contribution in [0.2, 0.25) is 5.02 Å². The van der Waals surface area contributed by atoms with Crippen LogP contribution in [0, 0.1) is 5.92 Å². The van der Waals surface area contributed by atoms with Crippen molar-refractivity contribution in [3.63, 3.8) is 0 Å². The molecule has 0 unspecified atom stereocenters. The van der Waals surface area contributed by atoms with Gasteiger partial charge in [-0.1, -0.05) is 25.4 Å². The summed E-state index contributed by atoms with van der Waals surface area (Å²) in [6, 6.07) is 3.97. The molecular formula is C17H24ClN3O. The molecule has 0 atom stereocenters. The summed E-state index contributed by atoms with van der Waals surface area (Å²) in [6.07, 6.45) is 1.07.